The Labute approximate surface area is 118 Å². The number of hydrogen-bond acceptors (Lipinski definition) is 4. The number of benzene rings is 1. The second-order valence-corrected chi connectivity index (χ2v) is 6.64. The highest BCUT2D eigenvalue weighted by Crippen LogP contribution is 2.32. The zero-order chi connectivity index (χ0) is 14.9. The molecule has 1 aromatic carbocycles. The van der Waals surface area contributed by atoms with Gasteiger partial charge in [-0.15, -0.1) is 0 Å². The van der Waals surface area contributed by atoms with Crippen molar-refractivity contribution < 1.29 is 18.3 Å². The van der Waals surface area contributed by atoms with E-state index in [1.165, 1.54) is 6.07 Å². The molecule has 1 saturated heterocycles. The van der Waals surface area contributed by atoms with Gasteiger partial charge in [-0.3, -0.25) is 4.79 Å². The molecule has 20 heavy (non-hydrogen) atoms. The van der Waals surface area contributed by atoms with Crippen molar-refractivity contribution in [2.45, 2.75) is 30.7 Å². The molecule has 0 aliphatic carbocycles. The lowest BCUT2D eigenvalue weighted by molar-refractivity contribution is -0.142. The van der Waals surface area contributed by atoms with Gasteiger partial charge in [-0.1, -0.05) is 12.1 Å². The number of carboxylic acids is 1. The highest BCUT2D eigenvalue weighted by atomic mass is 32.2. The maximum Gasteiger partial charge on any atom is 0.306 e. The molecule has 0 saturated carbocycles. The molecule has 110 valence electrons. The summed E-state index contributed by atoms with van der Waals surface area (Å²) in [7, 11) is -3.79. The van der Waals surface area contributed by atoms with Crippen molar-refractivity contribution in [1.29, 1.82) is 0 Å². The van der Waals surface area contributed by atoms with Crippen molar-refractivity contribution in [2.75, 3.05) is 11.4 Å². The van der Waals surface area contributed by atoms with Crippen LogP contribution in [0.4, 0.5) is 5.69 Å². The number of rotatable bonds is 3. The summed E-state index contributed by atoms with van der Waals surface area (Å²) in [5, 5.41) is 14.3. The van der Waals surface area contributed by atoms with Crippen molar-refractivity contribution in [3.8, 4) is 0 Å². The van der Waals surface area contributed by atoms with Gasteiger partial charge in [0.2, 0.25) is 10.0 Å². The van der Waals surface area contributed by atoms with Gasteiger partial charge in [0.15, 0.2) is 0 Å². The summed E-state index contributed by atoms with van der Waals surface area (Å²) in [4.78, 5) is 13.0. The maximum atomic E-state index is 11.6. The van der Waals surface area contributed by atoms with Gasteiger partial charge in [0.05, 0.1) is 11.6 Å². The molecule has 2 atom stereocenters. The molecule has 1 fully saturated rings. The maximum absolute atomic E-state index is 11.6. The third-order valence-electron chi connectivity index (χ3n) is 3.71. The van der Waals surface area contributed by atoms with Gasteiger partial charge >= 0.3 is 5.97 Å². The van der Waals surface area contributed by atoms with E-state index in [9.17, 15) is 13.2 Å². The fraction of sp³-hybridized carbons (Fsp3) is 0.462. The lowest BCUT2D eigenvalue weighted by Gasteiger charge is -2.38. The van der Waals surface area contributed by atoms with Crippen molar-refractivity contribution in [1.82, 2.24) is 0 Å². The van der Waals surface area contributed by atoms with Crippen LogP contribution in [-0.2, 0) is 14.8 Å². The standard InChI is InChI=1S/C13H18N2O4S/c1-9-8-10(13(16)17)6-7-15(9)11-4-2-3-5-12(11)20(14,18)19/h2-5,9-10H,6-8H2,1H3,(H,16,17)(H2,14,18,19). The van der Waals surface area contributed by atoms with E-state index in [-0.39, 0.29) is 16.9 Å². The van der Waals surface area contributed by atoms with E-state index in [1.807, 2.05) is 11.8 Å². The Bertz CT molecular complexity index is 615. The van der Waals surface area contributed by atoms with Crippen molar-refractivity contribution in [3.05, 3.63) is 24.3 Å². The minimum atomic E-state index is -3.79. The van der Waals surface area contributed by atoms with Crippen LogP contribution in [0.1, 0.15) is 19.8 Å². The van der Waals surface area contributed by atoms with Crippen molar-refractivity contribution >= 4 is 21.7 Å². The first-order chi connectivity index (χ1) is 9.30. The molecule has 2 rings (SSSR count). The Balaban J connectivity index is 2.32. The Morgan fingerprint density at radius 1 is 1.40 bits per heavy atom. The molecule has 0 spiro atoms. The van der Waals surface area contributed by atoms with Gasteiger partial charge in [-0.25, -0.2) is 13.6 Å². The van der Waals surface area contributed by atoms with Crippen LogP contribution in [0.25, 0.3) is 0 Å². The topological polar surface area (TPSA) is 101 Å². The van der Waals surface area contributed by atoms with E-state index in [1.54, 1.807) is 18.2 Å². The molecule has 1 aliphatic heterocycles. The smallest absolute Gasteiger partial charge is 0.306 e. The highest BCUT2D eigenvalue weighted by Gasteiger charge is 2.31. The number of para-hydroxylation sites is 1. The van der Waals surface area contributed by atoms with Gasteiger partial charge in [-0.05, 0) is 31.9 Å². The predicted molar refractivity (Wildman–Crippen MR) is 75.0 cm³/mol. The molecule has 1 heterocycles. The zero-order valence-corrected chi connectivity index (χ0v) is 12.0. The minimum Gasteiger partial charge on any atom is -0.481 e. The first-order valence-corrected chi connectivity index (χ1v) is 7.96. The Hall–Kier alpha value is -1.60. The third-order valence-corrected chi connectivity index (χ3v) is 4.66. The summed E-state index contributed by atoms with van der Waals surface area (Å²) >= 11 is 0. The summed E-state index contributed by atoms with van der Waals surface area (Å²) in [6.07, 6.45) is 0.993. The quantitative estimate of drug-likeness (QED) is 0.867. The van der Waals surface area contributed by atoms with E-state index in [0.717, 1.165) is 0 Å². The van der Waals surface area contributed by atoms with Crippen LogP contribution in [0.5, 0.6) is 0 Å². The van der Waals surface area contributed by atoms with Crippen molar-refractivity contribution in [2.24, 2.45) is 11.1 Å². The first kappa shape index (κ1) is 14.8. The number of nitrogens with two attached hydrogens (primary N) is 1. The molecule has 0 amide bonds. The van der Waals surface area contributed by atoms with Crippen LogP contribution in [0.3, 0.4) is 0 Å². The molecule has 7 heteroatoms. The number of carbonyl (C=O) groups is 1. The Morgan fingerprint density at radius 3 is 2.60 bits per heavy atom. The lowest BCUT2D eigenvalue weighted by Crippen LogP contribution is -2.43. The average Bonchev–Trinajstić information content (AvgIpc) is 2.37. The fourth-order valence-corrected chi connectivity index (χ4v) is 3.43. The molecular formula is C13H18N2O4S. The molecule has 1 aliphatic rings. The van der Waals surface area contributed by atoms with Crippen LogP contribution in [0, 0.1) is 5.92 Å². The summed E-state index contributed by atoms with van der Waals surface area (Å²) in [6, 6.07) is 6.50. The molecule has 1 aromatic rings. The number of nitrogens with zero attached hydrogens (tertiary/aromatic N) is 1. The average molecular weight is 298 g/mol. The number of carboxylic acid groups (broad SMARTS) is 1. The molecule has 2 unspecified atom stereocenters. The van der Waals surface area contributed by atoms with E-state index in [0.29, 0.717) is 25.1 Å². The number of aliphatic carboxylic acids is 1. The largest absolute Gasteiger partial charge is 0.481 e. The van der Waals surface area contributed by atoms with Crippen LogP contribution in [0.2, 0.25) is 0 Å². The van der Waals surface area contributed by atoms with Crippen LogP contribution < -0.4 is 10.0 Å². The van der Waals surface area contributed by atoms with Gasteiger partial charge in [0.1, 0.15) is 4.90 Å². The minimum absolute atomic E-state index is 0.0484. The third kappa shape index (κ3) is 2.94. The normalized spacial score (nSPS) is 23.6. The number of hydrogen-bond donors (Lipinski definition) is 2. The lowest BCUT2D eigenvalue weighted by atomic mass is 9.91. The Morgan fingerprint density at radius 2 is 2.05 bits per heavy atom. The molecular weight excluding hydrogens is 280 g/mol. The zero-order valence-electron chi connectivity index (χ0n) is 11.2. The first-order valence-electron chi connectivity index (χ1n) is 6.42. The van der Waals surface area contributed by atoms with E-state index >= 15 is 0 Å². The SMILES string of the molecule is CC1CC(C(=O)O)CCN1c1ccccc1S(N)(=O)=O. The number of anilines is 1. The van der Waals surface area contributed by atoms with Gasteiger partial charge in [0.25, 0.3) is 0 Å². The van der Waals surface area contributed by atoms with Gasteiger partial charge in [0, 0.05) is 12.6 Å². The number of sulfonamides is 1. The van der Waals surface area contributed by atoms with Gasteiger partial charge < -0.3 is 10.0 Å². The molecule has 0 radical (unpaired) electrons. The van der Waals surface area contributed by atoms with E-state index < -0.39 is 16.0 Å². The van der Waals surface area contributed by atoms with Crippen molar-refractivity contribution in [3.63, 3.8) is 0 Å². The second kappa shape index (κ2) is 5.41. The molecule has 0 bridgehead atoms. The summed E-state index contributed by atoms with van der Waals surface area (Å²) in [5.41, 5.74) is 0.548. The van der Waals surface area contributed by atoms with Crippen LogP contribution >= 0.6 is 0 Å². The molecule has 6 nitrogen and oxygen atoms in total. The van der Waals surface area contributed by atoms with E-state index in [2.05, 4.69) is 0 Å². The highest BCUT2D eigenvalue weighted by molar-refractivity contribution is 7.89. The van der Waals surface area contributed by atoms with E-state index in [4.69, 9.17) is 10.2 Å². The number of primary sulfonamides is 1. The van der Waals surface area contributed by atoms with Gasteiger partial charge in [-0.2, -0.15) is 0 Å². The summed E-state index contributed by atoms with van der Waals surface area (Å²) < 4.78 is 23.3. The number of piperidine rings is 1. The summed E-state index contributed by atoms with van der Waals surface area (Å²) in [5.74, 6) is -1.17. The predicted octanol–water partition coefficient (Wildman–Crippen LogP) is 1.02. The summed E-state index contributed by atoms with van der Waals surface area (Å²) in [6.45, 7) is 2.40. The molecule has 3 N–H and O–H groups in total. The van der Waals surface area contributed by atoms with Crippen LogP contribution in [-0.4, -0.2) is 32.1 Å². The molecule has 0 aromatic heterocycles. The Kier molecular flexibility index (Phi) is 4.01. The van der Waals surface area contributed by atoms with Crippen LogP contribution in [0.15, 0.2) is 29.2 Å². The second-order valence-electron chi connectivity index (χ2n) is 5.11. The monoisotopic (exact) mass is 298 g/mol. The fourth-order valence-electron chi connectivity index (χ4n) is 2.69.